The van der Waals surface area contributed by atoms with Crippen molar-refractivity contribution in [2.45, 2.75) is 56.7 Å². The minimum atomic E-state index is -0.915. The van der Waals surface area contributed by atoms with Crippen molar-refractivity contribution in [3.63, 3.8) is 0 Å². The van der Waals surface area contributed by atoms with E-state index in [0.29, 0.717) is 25.2 Å². The molecular formula is C13H24O4. The van der Waals surface area contributed by atoms with E-state index in [0.717, 1.165) is 25.7 Å². The van der Waals surface area contributed by atoms with Gasteiger partial charge in [-0.1, -0.05) is 0 Å². The van der Waals surface area contributed by atoms with Gasteiger partial charge in [0.25, 0.3) is 0 Å². The first-order valence-electron chi connectivity index (χ1n) is 6.67. The molecule has 2 aliphatic carbocycles. The summed E-state index contributed by atoms with van der Waals surface area (Å²) in [7, 11) is 0. The van der Waals surface area contributed by atoms with Crippen LogP contribution in [0.2, 0.25) is 0 Å². The Bertz CT molecular complexity index is 260. The van der Waals surface area contributed by atoms with Crippen LogP contribution in [-0.2, 0) is 0 Å². The predicted octanol–water partition coefficient (Wildman–Crippen LogP) is 0.423. The summed E-state index contributed by atoms with van der Waals surface area (Å²) >= 11 is 0. The van der Waals surface area contributed by atoms with Crippen LogP contribution >= 0.6 is 0 Å². The molecule has 0 aromatic carbocycles. The molecule has 0 amide bonds. The third-order valence-electron chi connectivity index (χ3n) is 5.07. The van der Waals surface area contributed by atoms with E-state index in [9.17, 15) is 15.3 Å². The van der Waals surface area contributed by atoms with E-state index in [1.807, 2.05) is 0 Å². The number of hydrogen-bond donors (Lipinski definition) is 4. The van der Waals surface area contributed by atoms with Crippen LogP contribution in [0.1, 0.15) is 44.9 Å². The van der Waals surface area contributed by atoms with Crippen molar-refractivity contribution in [2.75, 3.05) is 13.2 Å². The lowest BCUT2D eigenvalue weighted by Crippen LogP contribution is -2.51. The molecule has 2 unspecified atom stereocenters. The zero-order chi connectivity index (χ0) is 12.5. The highest BCUT2D eigenvalue weighted by Crippen LogP contribution is 2.52. The Morgan fingerprint density at radius 1 is 1.00 bits per heavy atom. The van der Waals surface area contributed by atoms with Gasteiger partial charge in [0.2, 0.25) is 0 Å². The molecule has 4 N–H and O–H groups in total. The van der Waals surface area contributed by atoms with Crippen LogP contribution in [0.25, 0.3) is 0 Å². The fraction of sp³-hybridized carbons (Fsp3) is 1.00. The molecule has 2 atom stereocenters. The Labute approximate surface area is 102 Å². The van der Waals surface area contributed by atoms with Crippen molar-refractivity contribution >= 4 is 0 Å². The van der Waals surface area contributed by atoms with E-state index in [-0.39, 0.29) is 13.2 Å². The van der Waals surface area contributed by atoms with Crippen molar-refractivity contribution in [2.24, 2.45) is 11.3 Å². The second-order valence-corrected chi connectivity index (χ2v) is 5.99. The largest absolute Gasteiger partial charge is 0.396 e. The maximum Gasteiger partial charge on any atom is 0.0751 e. The second-order valence-electron chi connectivity index (χ2n) is 5.99. The molecule has 0 radical (unpaired) electrons. The third kappa shape index (κ3) is 2.24. The maximum atomic E-state index is 10.7. The molecule has 0 aliphatic heterocycles. The SMILES string of the molecule is OCC1CCC(CO)(C2(O)CCC(O)C2)CC1. The molecule has 0 bridgehead atoms. The van der Waals surface area contributed by atoms with Gasteiger partial charge in [0, 0.05) is 18.4 Å². The van der Waals surface area contributed by atoms with E-state index in [2.05, 4.69) is 0 Å². The number of hydrogen-bond acceptors (Lipinski definition) is 4. The average molecular weight is 244 g/mol. The Kier molecular flexibility index (Phi) is 3.78. The fourth-order valence-corrected chi connectivity index (χ4v) is 3.66. The lowest BCUT2D eigenvalue weighted by atomic mass is 9.61. The normalized spacial score (nSPS) is 47.3. The first-order chi connectivity index (χ1) is 8.05. The Balaban J connectivity index is 2.10. The van der Waals surface area contributed by atoms with Crippen molar-refractivity contribution < 1.29 is 20.4 Å². The summed E-state index contributed by atoms with van der Waals surface area (Å²) in [6.07, 6.45) is 4.37. The maximum absolute atomic E-state index is 10.7. The number of aliphatic hydroxyl groups excluding tert-OH is 3. The molecule has 0 aromatic rings. The standard InChI is InChI=1S/C13H24O4/c14-8-10-1-4-12(9-15,5-2-10)13(17)6-3-11(16)7-13/h10-11,14-17H,1-9H2. The molecule has 17 heavy (non-hydrogen) atoms. The van der Waals surface area contributed by atoms with Gasteiger partial charge in [-0.3, -0.25) is 0 Å². The molecule has 4 nitrogen and oxygen atoms in total. The highest BCUT2D eigenvalue weighted by molar-refractivity contribution is 5.05. The zero-order valence-corrected chi connectivity index (χ0v) is 10.3. The lowest BCUT2D eigenvalue weighted by molar-refractivity contribution is -0.134. The van der Waals surface area contributed by atoms with Gasteiger partial charge in [-0.05, 0) is 44.4 Å². The number of rotatable bonds is 3. The monoisotopic (exact) mass is 244 g/mol. The van der Waals surface area contributed by atoms with Crippen LogP contribution in [0.5, 0.6) is 0 Å². The molecule has 4 heteroatoms. The van der Waals surface area contributed by atoms with E-state index in [4.69, 9.17) is 5.11 Å². The van der Waals surface area contributed by atoms with Gasteiger partial charge >= 0.3 is 0 Å². The molecule has 0 saturated heterocycles. The summed E-state index contributed by atoms with van der Waals surface area (Å²) < 4.78 is 0. The Morgan fingerprint density at radius 2 is 1.65 bits per heavy atom. The molecule has 0 heterocycles. The van der Waals surface area contributed by atoms with Crippen molar-refractivity contribution in [1.82, 2.24) is 0 Å². The van der Waals surface area contributed by atoms with E-state index in [1.54, 1.807) is 0 Å². The van der Waals surface area contributed by atoms with Crippen LogP contribution in [-0.4, -0.2) is 45.3 Å². The summed E-state index contributed by atoms with van der Waals surface area (Å²) in [5, 5.41) is 39.2. The van der Waals surface area contributed by atoms with Gasteiger partial charge in [-0.2, -0.15) is 0 Å². The highest BCUT2D eigenvalue weighted by atomic mass is 16.3. The topological polar surface area (TPSA) is 80.9 Å². The van der Waals surface area contributed by atoms with Crippen LogP contribution in [0.3, 0.4) is 0 Å². The summed E-state index contributed by atoms with van der Waals surface area (Å²) in [5.74, 6) is 0.310. The molecule has 0 spiro atoms. The van der Waals surface area contributed by atoms with Crippen molar-refractivity contribution in [3.05, 3.63) is 0 Å². The minimum absolute atomic E-state index is 0.0195. The molecule has 2 rings (SSSR count). The Morgan fingerprint density at radius 3 is 2.06 bits per heavy atom. The summed E-state index contributed by atoms with van der Waals surface area (Å²) in [6, 6.07) is 0. The van der Waals surface area contributed by atoms with Gasteiger partial charge in [-0.25, -0.2) is 0 Å². The van der Waals surface area contributed by atoms with Gasteiger partial charge < -0.3 is 20.4 Å². The fourth-order valence-electron chi connectivity index (χ4n) is 3.66. The first kappa shape index (κ1) is 13.3. The molecule has 100 valence electrons. The van der Waals surface area contributed by atoms with E-state index in [1.165, 1.54) is 0 Å². The predicted molar refractivity (Wildman–Crippen MR) is 63.4 cm³/mol. The first-order valence-corrected chi connectivity index (χ1v) is 6.67. The van der Waals surface area contributed by atoms with E-state index >= 15 is 0 Å². The molecule has 0 aromatic heterocycles. The van der Waals surface area contributed by atoms with Crippen molar-refractivity contribution in [3.8, 4) is 0 Å². The quantitative estimate of drug-likeness (QED) is 0.580. The molecule has 2 fully saturated rings. The number of aliphatic hydroxyl groups is 4. The Hall–Kier alpha value is -0.160. The lowest BCUT2D eigenvalue weighted by Gasteiger charge is -2.48. The molecular weight excluding hydrogens is 220 g/mol. The van der Waals surface area contributed by atoms with Crippen LogP contribution in [0, 0.1) is 11.3 Å². The molecule has 2 saturated carbocycles. The highest BCUT2D eigenvalue weighted by Gasteiger charge is 2.54. The third-order valence-corrected chi connectivity index (χ3v) is 5.07. The zero-order valence-electron chi connectivity index (χ0n) is 10.3. The average Bonchev–Trinajstić information content (AvgIpc) is 2.71. The summed E-state index contributed by atoms with van der Waals surface area (Å²) in [5.41, 5.74) is -1.38. The second kappa shape index (κ2) is 4.84. The van der Waals surface area contributed by atoms with E-state index < -0.39 is 17.1 Å². The van der Waals surface area contributed by atoms with Gasteiger partial charge in [0.1, 0.15) is 0 Å². The van der Waals surface area contributed by atoms with Crippen LogP contribution in [0.15, 0.2) is 0 Å². The van der Waals surface area contributed by atoms with Gasteiger partial charge in [-0.15, -0.1) is 0 Å². The van der Waals surface area contributed by atoms with Crippen molar-refractivity contribution in [1.29, 1.82) is 0 Å². The smallest absolute Gasteiger partial charge is 0.0751 e. The minimum Gasteiger partial charge on any atom is -0.396 e. The summed E-state index contributed by atoms with van der Waals surface area (Å²) in [6.45, 7) is 0.178. The van der Waals surface area contributed by atoms with Gasteiger partial charge in [0.15, 0.2) is 0 Å². The van der Waals surface area contributed by atoms with Gasteiger partial charge in [0.05, 0.1) is 18.3 Å². The molecule has 2 aliphatic rings. The van der Waals surface area contributed by atoms with Crippen LogP contribution < -0.4 is 0 Å². The summed E-state index contributed by atoms with van der Waals surface area (Å²) in [4.78, 5) is 0. The van der Waals surface area contributed by atoms with Crippen LogP contribution in [0.4, 0.5) is 0 Å².